The molecule has 0 aromatic carbocycles. The molecule has 0 rings (SSSR count). The summed E-state index contributed by atoms with van der Waals surface area (Å²) in [5.74, 6) is -0.172. The topological polar surface area (TPSA) is 108 Å². The second-order valence-electron chi connectivity index (χ2n) is 19.9. The van der Waals surface area contributed by atoms with Crippen molar-refractivity contribution in [3.63, 3.8) is 0 Å². The third kappa shape index (κ3) is 53.1. The van der Waals surface area contributed by atoms with Crippen LogP contribution in [0.3, 0.4) is 0 Å². The number of carbonyl (C=O) groups excluding carboxylic acids is 1. The summed E-state index contributed by atoms with van der Waals surface area (Å²) in [5, 5.41) is 13.9. The monoisotopic (exact) mass is 983 g/mol. The van der Waals surface area contributed by atoms with Crippen LogP contribution >= 0.6 is 7.82 Å². The summed E-state index contributed by atoms with van der Waals surface area (Å²) in [5.41, 5.74) is 0. The highest BCUT2D eigenvalue weighted by atomic mass is 31.2. The van der Waals surface area contributed by atoms with Gasteiger partial charge in [-0.3, -0.25) is 9.36 Å². The summed E-state index contributed by atoms with van der Waals surface area (Å²) in [6.45, 7) is 4.56. The molecular weight excluding hydrogens is 876 g/mol. The maximum Gasteiger partial charge on any atom is 0.268 e. The highest BCUT2D eigenvalue weighted by molar-refractivity contribution is 7.45. The molecule has 69 heavy (non-hydrogen) atoms. The van der Waals surface area contributed by atoms with Crippen LogP contribution in [0.1, 0.15) is 226 Å². The molecule has 0 aromatic rings. The van der Waals surface area contributed by atoms with E-state index in [0.717, 1.165) is 89.9 Å². The molecule has 3 unspecified atom stereocenters. The zero-order valence-corrected chi connectivity index (χ0v) is 46.1. The number of allylic oxidation sites excluding steroid dienone is 16. The molecule has 0 spiro atoms. The number of nitrogens with zero attached hydrogens (tertiary/aromatic N) is 1. The van der Waals surface area contributed by atoms with Crippen molar-refractivity contribution in [3.8, 4) is 0 Å². The smallest absolute Gasteiger partial charge is 0.268 e. The Balaban J connectivity index is 3.91. The van der Waals surface area contributed by atoms with Crippen LogP contribution in [0.5, 0.6) is 0 Å². The number of unbranched alkanes of at least 4 members (excludes halogenated alkanes) is 21. The molecule has 0 aliphatic rings. The van der Waals surface area contributed by atoms with Crippen LogP contribution in [0.4, 0.5) is 0 Å². The minimum Gasteiger partial charge on any atom is -0.756 e. The number of phosphoric acid groups is 1. The summed E-state index contributed by atoms with van der Waals surface area (Å²) in [7, 11) is 1.29. The first-order chi connectivity index (χ1) is 33.5. The van der Waals surface area contributed by atoms with E-state index in [4.69, 9.17) is 9.05 Å². The Labute approximate surface area is 426 Å². The standard InChI is InChI=1S/C60H107N2O6P/c1-6-8-10-12-14-16-17-18-19-20-21-22-23-24-25-26-27-28-29-30-31-32-33-34-35-36-37-38-39-40-41-42-43-44-45-46-48-50-52-54-60(64)61-58(57-68-69(65,66)67-56-55-62(3,4)5)59(63)53-51-49-47-15-13-11-9-7-2/h8,10,14,16,18-19,21-22,24-25,27-28,30-31,33-34,58-59,63H,6-7,9,11-13,15,17,20,23,26,29,32,35-57H2,1-5H3,(H-,61,64,65,66)/b10-8-,16-14-,19-18-,22-21-,25-24-,28-27-,31-30-,34-33-. The Morgan fingerprint density at radius 2 is 0.884 bits per heavy atom. The van der Waals surface area contributed by atoms with Gasteiger partial charge in [0, 0.05) is 6.42 Å². The third-order valence-corrected chi connectivity index (χ3v) is 13.1. The van der Waals surface area contributed by atoms with Crippen LogP contribution in [0.25, 0.3) is 0 Å². The van der Waals surface area contributed by atoms with Crippen molar-refractivity contribution in [1.82, 2.24) is 5.32 Å². The summed E-state index contributed by atoms with van der Waals surface area (Å²) < 4.78 is 23.2. The van der Waals surface area contributed by atoms with E-state index in [2.05, 4.69) is 116 Å². The molecule has 398 valence electrons. The first-order valence-corrected chi connectivity index (χ1v) is 29.5. The molecule has 0 saturated carbocycles. The largest absolute Gasteiger partial charge is 0.756 e. The average molecular weight is 983 g/mol. The fourth-order valence-electron chi connectivity index (χ4n) is 7.70. The highest BCUT2D eigenvalue weighted by Crippen LogP contribution is 2.38. The maximum atomic E-state index is 12.9. The van der Waals surface area contributed by atoms with Gasteiger partial charge in [0.1, 0.15) is 13.2 Å². The lowest BCUT2D eigenvalue weighted by molar-refractivity contribution is -0.870. The summed E-state index contributed by atoms with van der Waals surface area (Å²) in [6, 6.07) is -0.802. The number of carbonyl (C=O) groups is 1. The molecule has 9 heteroatoms. The van der Waals surface area contributed by atoms with Crippen molar-refractivity contribution >= 4 is 13.7 Å². The third-order valence-electron chi connectivity index (χ3n) is 12.1. The number of rotatable bonds is 50. The van der Waals surface area contributed by atoms with Gasteiger partial charge >= 0.3 is 0 Å². The van der Waals surface area contributed by atoms with Crippen molar-refractivity contribution in [3.05, 3.63) is 97.2 Å². The van der Waals surface area contributed by atoms with E-state index in [1.807, 2.05) is 21.1 Å². The number of phosphoric ester groups is 1. The fourth-order valence-corrected chi connectivity index (χ4v) is 8.43. The lowest BCUT2D eigenvalue weighted by atomic mass is 10.0. The van der Waals surface area contributed by atoms with Gasteiger partial charge in [0.05, 0.1) is 39.9 Å². The molecular formula is C60H107N2O6P. The summed E-state index contributed by atoms with van der Waals surface area (Å²) >= 11 is 0. The number of nitrogens with one attached hydrogen (secondary N) is 1. The number of amides is 1. The minimum atomic E-state index is -4.56. The number of quaternary nitrogens is 1. The SMILES string of the molecule is CC/C=C\C/C=C\C/C=C\C/C=C\C/C=C\C/C=C\C/C=C\C/C=C\CCCCCCCCCCCCCCCCC(=O)NC(COP(=O)([O-])OCC[N+](C)(C)C)C(O)CCCCCCCCCC. The number of hydrogen-bond acceptors (Lipinski definition) is 6. The van der Waals surface area contributed by atoms with Gasteiger partial charge in [-0.1, -0.05) is 239 Å². The van der Waals surface area contributed by atoms with E-state index in [1.165, 1.54) is 109 Å². The molecule has 0 radical (unpaired) electrons. The predicted octanol–water partition coefficient (Wildman–Crippen LogP) is 16.4. The maximum absolute atomic E-state index is 12.9. The molecule has 0 bridgehead atoms. The second kappa shape index (κ2) is 50.4. The van der Waals surface area contributed by atoms with Gasteiger partial charge in [-0.15, -0.1) is 0 Å². The Morgan fingerprint density at radius 1 is 0.522 bits per heavy atom. The summed E-state index contributed by atoms with van der Waals surface area (Å²) in [4.78, 5) is 25.3. The zero-order valence-electron chi connectivity index (χ0n) is 45.2. The van der Waals surface area contributed by atoms with E-state index in [9.17, 15) is 19.4 Å². The van der Waals surface area contributed by atoms with Gasteiger partial charge in [-0.2, -0.15) is 0 Å². The van der Waals surface area contributed by atoms with E-state index < -0.39 is 20.0 Å². The van der Waals surface area contributed by atoms with Gasteiger partial charge in [-0.05, 0) is 77.0 Å². The van der Waals surface area contributed by atoms with Crippen molar-refractivity contribution in [1.29, 1.82) is 0 Å². The molecule has 0 aromatic heterocycles. The highest BCUT2D eigenvalue weighted by Gasteiger charge is 2.24. The fraction of sp³-hybridized carbons (Fsp3) is 0.717. The van der Waals surface area contributed by atoms with Gasteiger partial charge in [-0.25, -0.2) is 0 Å². The quantitative estimate of drug-likeness (QED) is 0.0272. The van der Waals surface area contributed by atoms with E-state index in [1.54, 1.807) is 0 Å². The molecule has 0 aliphatic heterocycles. The van der Waals surface area contributed by atoms with Gasteiger partial charge in [0.2, 0.25) is 5.91 Å². The van der Waals surface area contributed by atoms with Crippen molar-refractivity contribution in [2.24, 2.45) is 0 Å². The van der Waals surface area contributed by atoms with Gasteiger partial charge < -0.3 is 28.8 Å². The van der Waals surface area contributed by atoms with Crippen molar-refractivity contribution in [2.75, 3.05) is 40.9 Å². The van der Waals surface area contributed by atoms with Crippen LogP contribution in [0, 0.1) is 0 Å². The molecule has 0 saturated heterocycles. The predicted molar refractivity (Wildman–Crippen MR) is 297 cm³/mol. The van der Waals surface area contributed by atoms with Crippen molar-refractivity contribution in [2.45, 2.75) is 238 Å². The van der Waals surface area contributed by atoms with E-state index in [0.29, 0.717) is 23.9 Å². The van der Waals surface area contributed by atoms with E-state index in [-0.39, 0.29) is 19.1 Å². The molecule has 0 fully saturated rings. The van der Waals surface area contributed by atoms with Crippen LogP contribution < -0.4 is 10.2 Å². The first-order valence-electron chi connectivity index (χ1n) is 28.1. The molecule has 1 amide bonds. The van der Waals surface area contributed by atoms with Crippen LogP contribution in [-0.4, -0.2) is 68.5 Å². The Kier molecular flexibility index (Phi) is 48.5. The van der Waals surface area contributed by atoms with Crippen LogP contribution in [-0.2, 0) is 18.4 Å². The van der Waals surface area contributed by atoms with Crippen LogP contribution in [0.2, 0.25) is 0 Å². The Morgan fingerprint density at radius 3 is 1.29 bits per heavy atom. The minimum absolute atomic E-state index is 0.00884. The Bertz CT molecular complexity index is 1440. The molecule has 2 N–H and O–H groups in total. The molecule has 0 aliphatic carbocycles. The molecule has 8 nitrogen and oxygen atoms in total. The molecule has 0 heterocycles. The number of aliphatic hydroxyl groups excluding tert-OH is 1. The lowest BCUT2D eigenvalue weighted by Gasteiger charge is -2.30. The van der Waals surface area contributed by atoms with Gasteiger partial charge in [0.15, 0.2) is 0 Å². The number of hydrogen-bond donors (Lipinski definition) is 2. The normalized spacial score (nSPS) is 14.7. The van der Waals surface area contributed by atoms with Crippen LogP contribution in [0.15, 0.2) is 97.2 Å². The molecule has 3 atom stereocenters. The van der Waals surface area contributed by atoms with E-state index >= 15 is 0 Å². The number of aliphatic hydroxyl groups is 1. The average Bonchev–Trinajstić information content (AvgIpc) is 3.31. The lowest BCUT2D eigenvalue weighted by Crippen LogP contribution is -2.46. The zero-order chi connectivity index (χ0) is 50.6. The first kappa shape index (κ1) is 66.4. The second-order valence-corrected chi connectivity index (χ2v) is 21.3. The number of likely N-dealkylation sites (N-methyl/N-ethyl adjacent to an activating group) is 1. The van der Waals surface area contributed by atoms with Gasteiger partial charge in [0.25, 0.3) is 7.82 Å². The Hall–Kier alpha value is -2.58. The van der Waals surface area contributed by atoms with Crippen molar-refractivity contribution < 1.29 is 32.9 Å². The summed E-state index contributed by atoms with van der Waals surface area (Å²) in [6.07, 6.45) is 71.8.